The van der Waals surface area contributed by atoms with Crippen LogP contribution in [0.5, 0.6) is 0 Å². The van der Waals surface area contributed by atoms with E-state index >= 15 is 0 Å². The number of hydrogen-bond donors (Lipinski definition) is 2. The van der Waals surface area contributed by atoms with Crippen LogP contribution in [-0.4, -0.2) is 17.4 Å². The number of amides is 2. The van der Waals surface area contributed by atoms with Crippen molar-refractivity contribution in [2.24, 2.45) is 5.73 Å². The average molecular weight is 335 g/mol. The largest absolute Gasteiger partial charge is 0.368 e. The van der Waals surface area contributed by atoms with E-state index in [9.17, 15) is 9.59 Å². The number of hydrogen-bond acceptors (Lipinski definition) is 2. The summed E-state index contributed by atoms with van der Waals surface area (Å²) in [6, 6.07) is 7.41. The van der Waals surface area contributed by atoms with Gasteiger partial charge in [-0.3, -0.25) is 9.59 Å². The molecule has 2 saturated carbocycles. The van der Waals surface area contributed by atoms with Crippen molar-refractivity contribution in [3.63, 3.8) is 0 Å². The molecule has 0 aromatic heterocycles. The minimum Gasteiger partial charge on any atom is -0.368 e. The highest BCUT2D eigenvalue weighted by atomic mass is 35.5. The molecule has 0 aliphatic heterocycles. The lowest BCUT2D eigenvalue weighted by Gasteiger charge is -2.32. The monoisotopic (exact) mass is 334 g/mol. The minimum atomic E-state index is -0.879. The number of carbonyl (C=O) groups excluding carboxylic acids is 2. The molecule has 1 aromatic rings. The number of benzene rings is 1. The van der Waals surface area contributed by atoms with Gasteiger partial charge < -0.3 is 11.1 Å². The highest BCUT2D eigenvalue weighted by molar-refractivity contribution is 6.30. The van der Waals surface area contributed by atoms with Crippen LogP contribution >= 0.6 is 11.6 Å². The molecule has 0 heterocycles. The summed E-state index contributed by atoms with van der Waals surface area (Å²) in [5.41, 5.74) is 5.24. The van der Waals surface area contributed by atoms with Gasteiger partial charge in [-0.25, -0.2) is 0 Å². The van der Waals surface area contributed by atoms with Gasteiger partial charge in [-0.2, -0.15) is 0 Å². The molecule has 5 heteroatoms. The fourth-order valence-electron chi connectivity index (χ4n) is 3.64. The third-order valence-electron chi connectivity index (χ3n) is 5.36. The summed E-state index contributed by atoms with van der Waals surface area (Å²) in [4.78, 5) is 25.0. The molecular weight excluding hydrogens is 312 g/mol. The lowest BCUT2D eigenvalue weighted by Crippen LogP contribution is -2.59. The first-order valence-corrected chi connectivity index (χ1v) is 8.75. The van der Waals surface area contributed by atoms with Gasteiger partial charge >= 0.3 is 0 Å². The Balaban J connectivity index is 1.81. The summed E-state index contributed by atoms with van der Waals surface area (Å²) in [7, 11) is 0. The van der Waals surface area contributed by atoms with Crippen molar-refractivity contribution in [2.75, 3.05) is 0 Å². The van der Waals surface area contributed by atoms with Crippen LogP contribution in [0.1, 0.15) is 56.9 Å². The van der Waals surface area contributed by atoms with Crippen LogP contribution in [-0.2, 0) is 15.0 Å². The zero-order valence-corrected chi connectivity index (χ0v) is 14.0. The molecule has 0 saturated heterocycles. The molecule has 2 aliphatic carbocycles. The summed E-state index contributed by atoms with van der Waals surface area (Å²) < 4.78 is 0. The fourth-order valence-corrected chi connectivity index (χ4v) is 3.77. The molecule has 0 radical (unpaired) electrons. The first-order valence-electron chi connectivity index (χ1n) is 8.37. The van der Waals surface area contributed by atoms with Gasteiger partial charge in [0.05, 0.1) is 5.41 Å². The summed E-state index contributed by atoms with van der Waals surface area (Å²) in [5.74, 6) is -0.472. The molecule has 4 nitrogen and oxygen atoms in total. The summed E-state index contributed by atoms with van der Waals surface area (Å²) >= 11 is 5.94. The van der Waals surface area contributed by atoms with Crippen molar-refractivity contribution in [3.8, 4) is 0 Å². The lowest BCUT2D eigenvalue weighted by atomic mass is 9.87. The van der Waals surface area contributed by atoms with E-state index in [1.165, 1.54) is 0 Å². The van der Waals surface area contributed by atoms with E-state index in [1.807, 2.05) is 12.1 Å². The molecule has 2 fully saturated rings. The van der Waals surface area contributed by atoms with Crippen LogP contribution in [0.25, 0.3) is 0 Å². The molecule has 3 N–H and O–H groups in total. The third kappa shape index (κ3) is 3.09. The number of carbonyl (C=O) groups is 2. The molecule has 2 amide bonds. The van der Waals surface area contributed by atoms with Crippen molar-refractivity contribution in [1.29, 1.82) is 0 Å². The number of nitrogens with one attached hydrogen (secondary N) is 1. The molecule has 0 atom stereocenters. The van der Waals surface area contributed by atoms with Crippen LogP contribution in [0.3, 0.4) is 0 Å². The second kappa shape index (κ2) is 6.16. The molecule has 2 aliphatic rings. The van der Waals surface area contributed by atoms with Crippen molar-refractivity contribution < 1.29 is 9.59 Å². The van der Waals surface area contributed by atoms with E-state index in [0.717, 1.165) is 44.1 Å². The lowest BCUT2D eigenvalue weighted by molar-refractivity contribution is -0.133. The van der Waals surface area contributed by atoms with Gasteiger partial charge in [-0.1, -0.05) is 49.4 Å². The standard InChI is InChI=1S/C18H23ClN2O2/c19-14-7-5-13(6-8-14)17(11-12-17)16(23)21-18(15(20)22)9-3-1-2-4-10-18/h5-8H,1-4,9-12H2,(H2,20,22)(H,21,23). The summed E-state index contributed by atoms with van der Waals surface area (Å²) in [6.07, 6.45) is 6.93. The molecule has 0 unspecified atom stereocenters. The number of halogens is 1. The second-order valence-corrected chi connectivity index (χ2v) is 7.34. The maximum atomic E-state index is 13.0. The maximum absolute atomic E-state index is 13.0. The Kier molecular flexibility index (Phi) is 4.37. The van der Waals surface area contributed by atoms with Gasteiger partial charge in [0, 0.05) is 5.02 Å². The van der Waals surface area contributed by atoms with Crippen LogP contribution in [0.2, 0.25) is 5.02 Å². The quantitative estimate of drug-likeness (QED) is 0.830. The van der Waals surface area contributed by atoms with E-state index in [2.05, 4.69) is 5.32 Å². The highest BCUT2D eigenvalue weighted by Gasteiger charge is 2.53. The predicted molar refractivity (Wildman–Crippen MR) is 90.1 cm³/mol. The van der Waals surface area contributed by atoms with E-state index in [-0.39, 0.29) is 5.91 Å². The van der Waals surface area contributed by atoms with Crippen molar-refractivity contribution in [2.45, 2.75) is 62.3 Å². The van der Waals surface area contributed by atoms with Crippen molar-refractivity contribution >= 4 is 23.4 Å². The third-order valence-corrected chi connectivity index (χ3v) is 5.62. The zero-order valence-electron chi connectivity index (χ0n) is 13.2. The average Bonchev–Trinajstić information content (AvgIpc) is 3.33. The van der Waals surface area contributed by atoms with Gasteiger partial charge in [0.25, 0.3) is 0 Å². The van der Waals surface area contributed by atoms with Crippen LogP contribution in [0.4, 0.5) is 0 Å². The van der Waals surface area contributed by atoms with Gasteiger partial charge in [0.1, 0.15) is 5.54 Å². The zero-order chi connectivity index (χ0) is 16.5. The molecule has 0 spiro atoms. The Hall–Kier alpha value is -1.55. The number of primary amides is 1. The SMILES string of the molecule is NC(=O)C1(NC(=O)C2(c3ccc(Cl)cc3)CC2)CCCCCC1. The van der Waals surface area contributed by atoms with Gasteiger partial charge in [0.15, 0.2) is 0 Å². The predicted octanol–water partition coefficient (Wildman–Crippen LogP) is 3.07. The highest BCUT2D eigenvalue weighted by Crippen LogP contribution is 2.49. The van der Waals surface area contributed by atoms with Crippen LogP contribution in [0.15, 0.2) is 24.3 Å². The molecular formula is C18H23ClN2O2. The number of nitrogens with two attached hydrogens (primary N) is 1. The van der Waals surface area contributed by atoms with E-state index in [1.54, 1.807) is 12.1 Å². The molecule has 3 rings (SSSR count). The smallest absolute Gasteiger partial charge is 0.243 e. The molecule has 1 aromatic carbocycles. The van der Waals surface area contributed by atoms with Crippen molar-refractivity contribution in [3.05, 3.63) is 34.9 Å². The Labute approximate surface area is 141 Å². The number of rotatable bonds is 4. The maximum Gasteiger partial charge on any atom is 0.243 e. The summed E-state index contributed by atoms with van der Waals surface area (Å²) in [6.45, 7) is 0. The van der Waals surface area contributed by atoms with Crippen LogP contribution < -0.4 is 11.1 Å². The Morgan fingerprint density at radius 1 is 0.957 bits per heavy atom. The topological polar surface area (TPSA) is 72.2 Å². The molecule has 124 valence electrons. The fraction of sp³-hybridized carbons (Fsp3) is 0.556. The normalized spacial score (nSPS) is 22.0. The second-order valence-electron chi connectivity index (χ2n) is 6.90. The minimum absolute atomic E-state index is 0.0690. The van der Waals surface area contributed by atoms with E-state index in [0.29, 0.717) is 17.9 Å². The Morgan fingerprint density at radius 2 is 1.52 bits per heavy atom. The Bertz CT molecular complexity index is 600. The van der Waals surface area contributed by atoms with E-state index < -0.39 is 16.9 Å². The van der Waals surface area contributed by atoms with Crippen LogP contribution in [0, 0.1) is 0 Å². The van der Waals surface area contributed by atoms with Gasteiger partial charge in [0.2, 0.25) is 11.8 Å². The van der Waals surface area contributed by atoms with E-state index in [4.69, 9.17) is 17.3 Å². The van der Waals surface area contributed by atoms with Gasteiger partial charge in [-0.15, -0.1) is 0 Å². The molecule has 0 bridgehead atoms. The van der Waals surface area contributed by atoms with Crippen molar-refractivity contribution in [1.82, 2.24) is 5.32 Å². The first-order chi connectivity index (χ1) is 11.0. The van der Waals surface area contributed by atoms with Gasteiger partial charge in [-0.05, 0) is 43.4 Å². The summed E-state index contributed by atoms with van der Waals surface area (Å²) in [5, 5.41) is 3.70. The Morgan fingerprint density at radius 3 is 2.00 bits per heavy atom. The first kappa shape index (κ1) is 16.3. The molecule has 23 heavy (non-hydrogen) atoms.